The lowest BCUT2D eigenvalue weighted by Gasteiger charge is -2.17. The number of anilines is 1. The van der Waals surface area contributed by atoms with Crippen LogP contribution in [0.25, 0.3) is 21.7 Å². The molecule has 2 amide bonds. The average molecular weight is 565 g/mol. The first-order valence-electron chi connectivity index (χ1n) is 12.3. The van der Waals surface area contributed by atoms with Crippen LogP contribution < -0.4 is 15.4 Å². The van der Waals surface area contributed by atoms with E-state index in [9.17, 15) is 27.9 Å². The third-order valence-corrected chi connectivity index (χ3v) is 6.81. The summed E-state index contributed by atoms with van der Waals surface area (Å²) >= 11 is 0.759. The van der Waals surface area contributed by atoms with Gasteiger partial charge in [0.25, 0.3) is 0 Å². The number of ether oxygens (including phenoxy) is 1. The van der Waals surface area contributed by atoms with Crippen LogP contribution in [-0.4, -0.2) is 69.7 Å². The molecule has 3 N–H and O–H groups in total. The average Bonchev–Trinajstić information content (AvgIpc) is 3.60. The number of carboxylic acid groups (broad SMARTS) is 1. The van der Waals surface area contributed by atoms with Gasteiger partial charge < -0.3 is 15.2 Å². The fourth-order valence-corrected chi connectivity index (χ4v) is 4.85. The highest BCUT2D eigenvalue weighted by Crippen LogP contribution is 2.40. The van der Waals surface area contributed by atoms with Gasteiger partial charge in [-0.05, 0) is 44.5 Å². The second-order valence-electron chi connectivity index (χ2n) is 8.81. The molecule has 1 aliphatic heterocycles. The number of nitrogens with zero attached hydrogens (tertiary/aromatic N) is 4. The number of carbonyl (C=O) groups is 2. The SMILES string of the molecule is CCCNC(=O)Nc1cc(-c2nc(C(F)(F)F)cs2)c(-c2cc(C(=O)O)cnc2OCCN2CCCC2)cn1. The predicted molar refractivity (Wildman–Crippen MR) is 139 cm³/mol. The quantitative estimate of drug-likeness (QED) is 0.314. The monoisotopic (exact) mass is 564 g/mol. The Kier molecular flexibility index (Phi) is 8.97. The number of urea groups is 1. The number of nitrogens with one attached hydrogen (secondary N) is 2. The summed E-state index contributed by atoms with van der Waals surface area (Å²) in [6.45, 7) is 5.15. The van der Waals surface area contributed by atoms with Crippen LogP contribution in [0.2, 0.25) is 0 Å². The molecule has 14 heteroatoms. The van der Waals surface area contributed by atoms with Crippen molar-refractivity contribution in [2.24, 2.45) is 0 Å². The second kappa shape index (κ2) is 12.4. The summed E-state index contributed by atoms with van der Waals surface area (Å²) < 4.78 is 46.0. The summed E-state index contributed by atoms with van der Waals surface area (Å²) in [6.07, 6.45) is 0.751. The van der Waals surface area contributed by atoms with Crippen molar-refractivity contribution in [3.8, 4) is 27.6 Å². The number of likely N-dealkylation sites (tertiary alicyclic amines) is 1. The molecule has 10 nitrogen and oxygen atoms in total. The third kappa shape index (κ3) is 7.20. The maximum absolute atomic E-state index is 13.4. The second-order valence-corrected chi connectivity index (χ2v) is 9.67. The van der Waals surface area contributed by atoms with E-state index in [1.165, 1.54) is 18.3 Å². The number of aromatic nitrogens is 3. The first kappa shape index (κ1) is 28.2. The Labute approximate surface area is 226 Å². The molecule has 4 rings (SSSR count). The van der Waals surface area contributed by atoms with Gasteiger partial charge in [-0.15, -0.1) is 11.3 Å². The van der Waals surface area contributed by atoms with Gasteiger partial charge >= 0.3 is 18.2 Å². The topological polar surface area (TPSA) is 130 Å². The van der Waals surface area contributed by atoms with Crippen LogP contribution in [0.4, 0.5) is 23.8 Å². The molecular weight excluding hydrogens is 537 g/mol. The number of alkyl halides is 3. The minimum atomic E-state index is -4.66. The van der Waals surface area contributed by atoms with E-state index < -0.39 is 23.9 Å². The van der Waals surface area contributed by atoms with E-state index in [1.807, 2.05) is 6.92 Å². The van der Waals surface area contributed by atoms with E-state index in [1.54, 1.807) is 0 Å². The summed E-state index contributed by atoms with van der Waals surface area (Å²) in [6, 6.07) is 2.19. The largest absolute Gasteiger partial charge is 0.478 e. The molecule has 0 spiro atoms. The molecular formula is C25H27F3N6O4S. The zero-order chi connectivity index (χ0) is 28.0. The van der Waals surface area contributed by atoms with Gasteiger partial charge in [-0.1, -0.05) is 6.92 Å². The standard InChI is InChI=1S/C25H27F3N6O4S/c1-2-5-29-24(37)33-20-11-17(22-32-19(14-39-22)25(26,27)28)18(13-30-20)16-10-15(23(35)36)12-31-21(16)38-9-8-34-6-3-4-7-34/h10-14H,2-9H2,1H3,(H,35,36)(H2,29,30,33,37). The van der Waals surface area contributed by atoms with Crippen LogP contribution in [0, 0.1) is 0 Å². The van der Waals surface area contributed by atoms with Crippen molar-refractivity contribution < 1.29 is 32.6 Å². The number of hydrogen-bond acceptors (Lipinski definition) is 8. The van der Waals surface area contributed by atoms with Gasteiger partial charge in [0.2, 0.25) is 5.88 Å². The van der Waals surface area contributed by atoms with Gasteiger partial charge in [-0.25, -0.2) is 24.5 Å². The minimum absolute atomic E-state index is 0.000450. The first-order chi connectivity index (χ1) is 18.7. The molecule has 208 valence electrons. The molecule has 0 bridgehead atoms. The van der Waals surface area contributed by atoms with Crippen LogP contribution in [0.3, 0.4) is 0 Å². The van der Waals surface area contributed by atoms with Crippen molar-refractivity contribution in [1.29, 1.82) is 0 Å². The van der Waals surface area contributed by atoms with E-state index in [0.29, 0.717) is 19.5 Å². The highest BCUT2D eigenvalue weighted by Gasteiger charge is 2.34. The minimum Gasteiger partial charge on any atom is -0.478 e. The number of rotatable bonds is 10. The Bertz CT molecular complexity index is 1330. The lowest BCUT2D eigenvalue weighted by molar-refractivity contribution is -0.140. The molecule has 3 aromatic rings. The van der Waals surface area contributed by atoms with Gasteiger partial charge in [0.1, 0.15) is 17.4 Å². The van der Waals surface area contributed by atoms with Crippen molar-refractivity contribution in [1.82, 2.24) is 25.2 Å². The summed E-state index contributed by atoms with van der Waals surface area (Å²) in [7, 11) is 0. The van der Waals surface area contributed by atoms with Crippen LogP contribution in [-0.2, 0) is 6.18 Å². The first-order valence-corrected chi connectivity index (χ1v) is 13.2. The van der Waals surface area contributed by atoms with Crippen molar-refractivity contribution in [2.45, 2.75) is 32.4 Å². The van der Waals surface area contributed by atoms with Crippen LogP contribution in [0.1, 0.15) is 42.2 Å². The number of thiazole rings is 1. The smallest absolute Gasteiger partial charge is 0.434 e. The molecule has 0 aliphatic carbocycles. The Morgan fingerprint density at radius 1 is 1.13 bits per heavy atom. The number of amides is 2. The number of aromatic carboxylic acids is 1. The molecule has 1 saturated heterocycles. The van der Waals surface area contributed by atoms with Gasteiger partial charge in [-0.2, -0.15) is 13.2 Å². The van der Waals surface area contributed by atoms with E-state index in [-0.39, 0.29) is 45.6 Å². The molecule has 0 aromatic carbocycles. The summed E-state index contributed by atoms with van der Waals surface area (Å²) in [5.41, 5.74) is -0.530. The normalized spacial score (nSPS) is 13.8. The van der Waals surface area contributed by atoms with E-state index in [2.05, 4.69) is 30.5 Å². The van der Waals surface area contributed by atoms with Crippen LogP contribution >= 0.6 is 11.3 Å². The molecule has 1 fully saturated rings. The predicted octanol–water partition coefficient (Wildman–Crippen LogP) is 4.99. The number of hydrogen-bond donors (Lipinski definition) is 3. The van der Waals surface area contributed by atoms with Crippen LogP contribution in [0.5, 0.6) is 5.88 Å². The van der Waals surface area contributed by atoms with Crippen molar-refractivity contribution in [2.75, 3.05) is 38.1 Å². The van der Waals surface area contributed by atoms with Gasteiger partial charge in [-0.3, -0.25) is 10.2 Å². The fraction of sp³-hybridized carbons (Fsp3) is 0.400. The number of halogens is 3. The summed E-state index contributed by atoms with van der Waals surface area (Å²) in [4.78, 5) is 38.3. The van der Waals surface area contributed by atoms with Gasteiger partial charge in [0.15, 0.2) is 5.69 Å². The summed E-state index contributed by atoms with van der Waals surface area (Å²) in [5, 5.41) is 15.7. The highest BCUT2D eigenvalue weighted by molar-refractivity contribution is 7.13. The maximum atomic E-state index is 13.4. The highest BCUT2D eigenvalue weighted by atomic mass is 32.1. The molecule has 0 unspecified atom stereocenters. The Balaban J connectivity index is 1.75. The fourth-order valence-electron chi connectivity index (χ4n) is 4.00. The molecule has 3 aromatic heterocycles. The van der Waals surface area contributed by atoms with Crippen molar-refractivity contribution in [3.63, 3.8) is 0 Å². The molecule has 0 radical (unpaired) electrons. The number of carbonyl (C=O) groups excluding carboxylic acids is 1. The molecule has 0 atom stereocenters. The van der Waals surface area contributed by atoms with Crippen LogP contribution in [0.15, 0.2) is 29.9 Å². The maximum Gasteiger partial charge on any atom is 0.434 e. The third-order valence-electron chi connectivity index (χ3n) is 5.94. The zero-order valence-corrected chi connectivity index (χ0v) is 21.9. The van der Waals surface area contributed by atoms with Gasteiger partial charge in [0, 0.05) is 47.6 Å². The van der Waals surface area contributed by atoms with E-state index in [0.717, 1.165) is 48.8 Å². The molecule has 39 heavy (non-hydrogen) atoms. The lowest BCUT2D eigenvalue weighted by atomic mass is 10.0. The summed E-state index contributed by atoms with van der Waals surface area (Å²) in [5.74, 6) is -1.05. The Hall–Kier alpha value is -3.78. The van der Waals surface area contributed by atoms with Gasteiger partial charge in [0.05, 0.1) is 5.56 Å². The molecule has 4 heterocycles. The van der Waals surface area contributed by atoms with Crippen molar-refractivity contribution in [3.05, 3.63) is 41.2 Å². The Morgan fingerprint density at radius 2 is 1.90 bits per heavy atom. The number of pyridine rings is 2. The Morgan fingerprint density at radius 3 is 2.56 bits per heavy atom. The van der Waals surface area contributed by atoms with Crippen molar-refractivity contribution >= 4 is 29.2 Å². The van der Waals surface area contributed by atoms with E-state index in [4.69, 9.17) is 4.74 Å². The lowest BCUT2D eigenvalue weighted by Crippen LogP contribution is -2.29. The molecule has 0 saturated carbocycles. The molecule has 1 aliphatic rings. The van der Waals surface area contributed by atoms with E-state index >= 15 is 0 Å². The zero-order valence-electron chi connectivity index (χ0n) is 21.0. The number of carboxylic acids is 1.